The van der Waals surface area contributed by atoms with E-state index in [1.54, 1.807) is 6.07 Å². The Kier molecular flexibility index (Phi) is 5.59. The number of hydrogen-bond acceptors (Lipinski definition) is 3. The standard InChI is InChI=1S/C17H18Cl2N2OS/c18-14-4-3-13(15(19)12-14)5-6-20-7-9-21(10-8-20)17(22)16-2-1-11-23-16/h1-4,11-12H,5-10H2. The van der Waals surface area contributed by atoms with E-state index in [0.717, 1.165) is 54.6 Å². The summed E-state index contributed by atoms with van der Waals surface area (Å²) in [4.78, 5) is 17.5. The van der Waals surface area contributed by atoms with Crippen LogP contribution in [-0.2, 0) is 6.42 Å². The summed E-state index contributed by atoms with van der Waals surface area (Å²) in [5.41, 5.74) is 1.12. The number of amides is 1. The Labute approximate surface area is 150 Å². The largest absolute Gasteiger partial charge is 0.335 e. The highest BCUT2D eigenvalue weighted by Crippen LogP contribution is 2.22. The molecule has 3 nitrogen and oxygen atoms in total. The number of nitrogens with zero attached hydrogens (tertiary/aromatic N) is 2. The van der Waals surface area contributed by atoms with Gasteiger partial charge in [-0.2, -0.15) is 0 Å². The van der Waals surface area contributed by atoms with Crippen molar-refractivity contribution in [1.29, 1.82) is 0 Å². The zero-order chi connectivity index (χ0) is 16.2. The second kappa shape index (κ2) is 7.67. The minimum Gasteiger partial charge on any atom is -0.335 e. The molecule has 0 spiro atoms. The highest BCUT2D eigenvalue weighted by atomic mass is 35.5. The molecule has 122 valence electrons. The van der Waals surface area contributed by atoms with Crippen LogP contribution >= 0.6 is 34.5 Å². The van der Waals surface area contributed by atoms with E-state index in [4.69, 9.17) is 23.2 Å². The van der Waals surface area contributed by atoms with Crippen LogP contribution in [0.15, 0.2) is 35.7 Å². The third-order valence-corrected chi connectivity index (χ3v) is 5.55. The molecule has 1 saturated heterocycles. The van der Waals surface area contributed by atoms with Crippen LogP contribution in [0.3, 0.4) is 0 Å². The number of rotatable bonds is 4. The van der Waals surface area contributed by atoms with E-state index in [-0.39, 0.29) is 5.91 Å². The first-order chi connectivity index (χ1) is 11.1. The van der Waals surface area contributed by atoms with Crippen molar-refractivity contribution < 1.29 is 4.79 Å². The summed E-state index contributed by atoms with van der Waals surface area (Å²) in [6, 6.07) is 9.46. The molecule has 1 aromatic carbocycles. The normalized spacial score (nSPS) is 15.8. The summed E-state index contributed by atoms with van der Waals surface area (Å²) in [7, 11) is 0. The van der Waals surface area contributed by atoms with Gasteiger partial charge in [0.1, 0.15) is 0 Å². The van der Waals surface area contributed by atoms with Crippen molar-refractivity contribution in [3.05, 3.63) is 56.2 Å². The van der Waals surface area contributed by atoms with Crippen molar-refractivity contribution in [2.24, 2.45) is 0 Å². The summed E-state index contributed by atoms with van der Waals surface area (Å²) < 4.78 is 0. The van der Waals surface area contributed by atoms with Gasteiger partial charge in [0.2, 0.25) is 0 Å². The van der Waals surface area contributed by atoms with Gasteiger partial charge in [0.05, 0.1) is 4.88 Å². The first-order valence-electron chi connectivity index (χ1n) is 7.62. The maximum Gasteiger partial charge on any atom is 0.264 e. The molecule has 6 heteroatoms. The van der Waals surface area contributed by atoms with E-state index < -0.39 is 0 Å². The summed E-state index contributed by atoms with van der Waals surface area (Å²) in [5.74, 6) is 0.153. The highest BCUT2D eigenvalue weighted by molar-refractivity contribution is 7.12. The molecule has 0 saturated carbocycles. The van der Waals surface area contributed by atoms with Crippen LogP contribution in [0.4, 0.5) is 0 Å². The fourth-order valence-corrected chi connectivity index (χ4v) is 3.93. The van der Waals surface area contributed by atoms with Crippen LogP contribution in [0, 0.1) is 0 Å². The molecule has 1 amide bonds. The van der Waals surface area contributed by atoms with Gasteiger partial charge >= 0.3 is 0 Å². The quantitative estimate of drug-likeness (QED) is 0.812. The van der Waals surface area contributed by atoms with Crippen molar-refractivity contribution in [3.8, 4) is 0 Å². The molecule has 3 rings (SSSR count). The lowest BCUT2D eigenvalue weighted by Crippen LogP contribution is -2.49. The minimum absolute atomic E-state index is 0.153. The van der Waals surface area contributed by atoms with E-state index >= 15 is 0 Å². The lowest BCUT2D eigenvalue weighted by molar-refractivity contribution is 0.0643. The van der Waals surface area contributed by atoms with Crippen LogP contribution < -0.4 is 0 Å². The van der Waals surface area contributed by atoms with Crippen molar-refractivity contribution in [2.75, 3.05) is 32.7 Å². The van der Waals surface area contributed by atoms with Gasteiger partial charge in [-0.25, -0.2) is 0 Å². The van der Waals surface area contributed by atoms with Gasteiger partial charge in [0.15, 0.2) is 0 Å². The van der Waals surface area contributed by atoms with Gasteiger partial charge in [-0.3, -0.25) is 9.69 Å². The monoisotopic (exact) mass is 368 g/mol. The molecule has 1 fully saturated rings. The van der Waals surface area contributed by atoms with E-state index in [0.29, 0.717) is 5.02 Å². The second-order valence-corrected chi connectivity index (χ2v) is 7.39. The van der Waals surface area contributed by atoms with Gasteiger partial charge in [-0.05, 0) is 35.6 Å². The number of carbonyl (C=O) groups excluding carboxylic acids is 1. The number of piperazine rings is 1. The SMILES string of the molecule is O=C(c1cccs1)N1CCN(CCc2ccc(Cl)cc2Cl)CC1. The number of halogens is 2. The topological polar surface area (TPSA) is 23.6 Å². The molecular formula is C17H18Cl2N2OS. The zero-order valence-electron chi connectivity index (χ0n) is 12.7. The van der Waals surface area contributed by atoms with Gasteiger partial charge < -0.3 is 4.90 Å². The average molecular weight is 369 g/mol. The Balaban J connectivity index is 1.48. The minimum atomic E-state index is 0.153. The van der Waals surface area contributed by atoms with E-state index in [1.165, 1.54) is 11.3 Å². The van der Waals surface area contributed by atoms with E-state index in [2.05, 4.69) is 4.90 Å². The number of hydrogen-bond donors (Lipinski definition) is 0. The van der Waals surface area contributed by atoms with Crippen LogP contribution in [-0.4, -0.2) is 48.4 Å². The Hall–Kier alpha value is -1.07. The molecule has 23 heavy (non-hydrogen) atoms. The van der Waals surface area contributed by atoms with Crippen LogP contribution in [0.25, 0.3) is 0 Å². The number of thiophene rings is 1. The van der Waals surface area contributed by atoms with E-state index in [1.807, 2.05) is 34.5 Å². The fourth-order valence-electron chi connectivity index (χ4n) is 2.73. The van der Waals surface area contributed by atoms with Crippen molar-refractivity contribution in [1.82, 2.24) is 9.80 Å². The highest BCUT2D eigenvalue weighted by Gasteiger charge is 2.22. The lowest BCUT2D eigenvalue weighted by atomic mass is 10.1. The second-order valence-electron chi connectivity index (χ2n) is 5.60. The first kappa shape index (κ1) is 16.8. The third-order valence-electron chi connectivity index (χ3n) is 4.10. The summed E-state index contributed by atoms with van der Waals surface area (Å²) in [5, 5.41) is 3.34. The Morgan fingerprint density at radius 1 is 1.13 bits per heavy atom. The number of carbonyl (C=O) groups is 1. The maximum atomic E-state index is 12.3. The maximum absolute atomic E-state index is 12.3. The van der Waals surface area contributed by atoms with Gasteiger partial charge in [-0.1, -0.05) is 35.3 Å². The smallest absolute Gasteiger partial charge is 0.264 e. The fraction of sp³-hybridized carbons (Fsp3) is 0.353. The van der Waals surface area contributed by atoms with Crippen LogP contribution in [0.5, 0.6) is 0 Å². The molecule has 0 N–H and O–H groups in total. The average Bonchev–Trinajstić information content (AvgIpc) is 3.08. The Bertz CT molecular complexity index is 667. The molecule has 2 aromatic rings. The Morgan fingerprint density at radius 3 is 2.57 bits per heavy atom. The molecular weight excluding hydrogens is 351 g/mol. The summed E-state index contributed by atoms with van der Waals surface area (Å²) >= 11 is 13.6. The summed E-state index contributed by atoms with van der Waals surface area (Å²) in [6.45, 7) is 4.32. The molecule has 0 bridgehead atoms. The van der Waals surface area contributed by atoms with Crippen LogP contribution in [0.2, 0.25) is 10.0 Å². The van der Waals surface area contributed by atoms with Crippen molar-refractivity contribution in [2.45, 2.75) is 6.42 Å². The van der Waals surface area contributed by atoms with Crippen molar-refractivity contribution >= 4 is 40.4 Å². The molecule has 0 unspecified atom stereocenters. The lowest BCUT2D eigenvalue weighted by Gasteiger charge is -2.34. The van der Waals surface area contributed by atoms with Gasteiger partial charge in [0, 0.05) is 42.8 Å². The molecule has 2 heterocycles. The van der Waals surface area contributed by atoms with Crippen molar-refractivity contribution in [3.63, 3.8) is 0 Å². The molecule has 1 aliphatic heterocycles. The first-order valence-corrected chi connectivity index (χ1v) is 9.26. The van der Waals surface area contributed by atoms with Gasteiger partial charge in [-0.15, -0.1) is 11.3 Å². The molecule has 1 aliphatic rings. The molecule has 0 aliphatic carbocycles. The summed E-state index contributed by atoms with van der Waals surface area (Å²) in [6.07, 6.45) is 0.898. The zero-order valence-corrected chi connectivity index (χ0v) is 15.0. The van der Waals surface area contributed by atoms with Gasteiger partial charge in [0.25, 0.3) is 5.91 Å². The predicted molar refractivity (Wildman–Crippen MR) is 96.8 cm³/mol. The predicted octanol–water partition coefficient (Wildman–Crippen LogP) is 4.06. The molecule has 0 atom stereocenters. The third kappa shape index (κ3) is 4.27. The Morgan fingerprint density at radius 2 is 1.91 bits per heavy atom. The molecule has 1 aromatic heterocycles. The molecule has 0 radical (unpaired) electrons. The van der Waals surface area contributed by atoms with E-state index in [9.17, 15) is 4.79 Å². The number of benzene rings is 1. The van der Waals surface area contributed by atoms with Crippen LogP contribution in [0.1, 0.15) is 15.2 Å².